The maximum absolute atomic E-state index is 12.6. The largest absolute Gasteiger partial charge is 0.508 e. The van der Waals surface area contributed by atoms with Gasteiger partial charge in [-0.2, -0.15) is 0 Å². The number of ether oxygens (including phenoxy) is 2. The molecule has 4 rings (SSSR count). The highest BCUT2D eigenvalue weighted by Gasteiger charge is 2.44. The zero-order chi connectivity index (χ0) is 17.6. The first-order chi connectivity index (χ1) is 12.1. The molecule has 0 saturated heterocycles. The molecular weight excluding hydrogens is 324 g/mol. The van der Waals surface area contributed by atoms with Crippen LogP contribution in [0, 0.1) is 0 Å². The highest BCUT2D eigenvalue weighted by Crippen LogP contribution is 2.44. The molecule has 0 fully saturated rings. The average molecular weight is 338 g/mol. The molecular formula is C19H14O6. The second-order valence-corrected chi connectivity index (χ2v) is 5.76. The minimum absolute atomic E-state index is 0.0862. The van der Waals surface area contributed by atoms with Gasteiger partial charge in [-0.05, 0) is 29.8 Å². The van der Waals surface area contributed by atoms with Gasteiger partial charge < -0.3 is 19.0 Å². The Bertz CT molecular complexity index is 1020. The topological polar surface area (TPSA) is 86.0 Å². The van der Waals surface area contributed by atoms with E-state index in [0.29, 0.717) is 22.3 Å². The molecule has 0 radical (unpaired) electrons. The summed E-state index contributed by atoms with van der Waals surface area (Å²) in [6.07, 6.45) is -1.00. The van der Waals surface area contributed by atoms with Crippen molar-refractivity contribution in [2.24, 2.45) is 0 Å². The summed E-state index contributed by atoms with van der Waals surface area (Å²) in [6, 6.07) is 13.3. The van der Waals surface area contributed by atoms with Gasteiger partial charge in [-0.3, -0.25) is 0 Å². The SMILES string of the molecule is COC(=O)[C@H]1Oc2c(c(=O)oc3ccccc23)[C@H]1c1ccc(O)cc1. The van der Waals surface area contributed by atoms with Gasteiger partial charge in [0.15, 0.2) is 0 Å². The Balaban J connectivity index is 1.98. The van der Waals surface area contributed by atoms with Gasteiger partial charge in [0.25, 0.3) is 0 Å². The van der Waals surface area contributed by atoms with Crippen LogP contribution in [-0.2, 0) is 9.53 Å². The molecule has 25 heavy (non-hydrogen) atoms. The molecule has 2 aromatic carbocycles. The molecule has 1 aliphatic heterocycles. The van der Waals surface area contributed by atoms with Crippen molar-refractivity contribution in [2.45, 2.75) is 12.0 Å². The lowest BCUT2D eigenvalue weighted by molar-refractivity contribution is -0.148. The lowest BCUT2D eigenvalue weighted by Gasteiger charge is -2.16. The van der Waals surface area contributed by atoms with Gasteiger partial charge in [0.2, 0.25) is 6.10 Å². The van der Waals surface area contributed by atoms with E-state index in [-0.39, 0.29) is 11.3 Å². The smallest absolute Gasteiger partial charge is 0.348 e. The summed E-state index contributed by atoms with van der Waals surface area (Å²) in [5.74, 6) is -0.843. The zero-order valence-corrected chi connectivity index (χ0v) is 13.3. The van der Waals surface area contributed by atoms with Gasteiger partial charge in [-0.15, -0.1) is 0 Å². The molecule has 0 bridgehead atoms. The fraction of sp³-hybridized carbons (Fsp3) is 0.158. The molecule has 0 amide bonds. The van der Waals surface area contributed by atoms with Gasteiger partial charge in [-0.1, -0.05) is 24.3 Å². The summed E-state index contributed by atoms with van der Waals surface area (Å²) in [5.41, 5.74) is 0.758. The van der Waals surface area contributed by atoms with Gasteiger partial charge in [0.05, 0.1) is 24.0 Å². The molecule has 1 N–H and O–H groups in total. The molecule has 2 atom stereocenters. The number of carbonyl (C=O) groups is 1. The molecule has 0 saturated carbocycles. The van der Waals surface area contributed by atoms with Crippen LogP contribution in [0.15, 0.2) is 57.7 Å². The lowest BCUT2D eigenvalue weighted by atomic mass is 9.88. The van der Waals surface area contributed by atoms with Crippen LogP contribution in [-0.4, -0.2) is 24.3 Å². The third-order valence-corrected chi connectivity index (χ3v) is 4.34. The Labute approximate surface area is 142 Å². The summed E-state index contributed by atoms with van der Waals surface area (Å²) < 4.78 is 16.1. The Morgan fingerprint density at radius 1 is 1.12 bits per heavy atom. The average Bonchev–Trinajstić information content (AvgIpc) is 3.03. The Kier molecular flexibility index (Phi) is 3.46. The highest BCUT2D eigenvalue weighted by molar-refractivity contribution is 5.88. The van der Waals surface area contributed by atoms with E-state index in [2.05, 4.69) is 0 Å². The number of hydrogen-bond donors (Lipinski definition) is 1. The predicted molar refractivity (Wildman–Crippen MR) is 88.9 cm³/mol. The van der Waals surface area contributed by atoms with Crippen molar-refractivity contribution in [1.29, 1.82) is 0 Å². The van der Waals surface area contributed by atoms with Crippen LogP contribution < -0.4 is 10.4 Å². The number of para-hydroxylation sites is 1. The minimum Gasteiger partial charge on any atom is -0.508 e. The van der Waals surface area contributed by atoms with Crippen molar-refractivity contribution in [3.8, 4) is 11.5 Å². The highest BCUT2D eigenvalue weighted by atomic mass is 16.6. The Morgan fingerprint density at radius 3 is 2.56 bits per heavy atom. The monoisotopic (exact) mass is 338 g/mol. The van der Waals surface area contributed by atoms with E-state index in [0.717, 1.165) is 0 Å². The minimum atomic E-state index is -1.00. The fourth-order valence-electron chi connectivity index (χ4n) is 3.20. The number of phenols is 1. The maximum Gasteiger partial charge on any atom is 0.348 e. The molecule has 2 heterocycles. The Hall–Kier alpha value is -3.28. The number of rotatable bonds is 2. The van der Waals surface area contributed by atoms with Crippen molar-refractivity contribution >= 4 is 16.9 Å². The Morgan fingerprint density at radius 2 is 1.84 bits per heavy atom. The third kappa shape index (κ3) is 2.34. The lowest BCUT2D eigenvalue weighted by Crippen LogP contribution is -2.31. The number of hydrogen-bond acceptors (Lipinski definition) is 6. The summed E-state index contributed by atoms with van der Waals surface area (Å²) in [6.45, 7) is 0. The summed E-state index contributed by atoms with van der Waals surface area (Å²) in [5, 5.41) is 10.1. The van der Waals surface area contributed by atoms with Crippen LogP contribution in [0.25, 0.3) is 11.0 Å². The second kappa shape index (κ2) is 5.66. The number of benzene rings is 2. The van der Waals surface area contributed by atoms with E-state index >= 15 is 0 Å². The van der Waals surface area contributed by atoms with Crippen LogP contribution in [0.2, 0.25) is 0 Å². The van der Waals surface area contributed by atoms with Crippen molar-refractivity contribution in [3.63, 3.8) is 0 Å². The van der Waals surface area contributed by atoms with Gasteiger partial charge in [-0.25, -0.2) is 9.59 Å². The number of esters is 1. The van der Waals surface area contributed by atoms with E-state index in [1.54, 1.807) is 36.4 Å². The van der Waals surface area contributed by atoms with Crippen LogP contribution >= 0.6 is 0 Å². The molecule has 6 heteroatoms. The number of aromatic hydroxyl groups is 1. The standard InChI is InChI=1S/C19H14O6/c1-23-19(22)17-14(10-6-8-11(20)9-7-10)15-16(25-17)12-4-2-3-5-13(12)24-18(15)21/h2-9,14,17,20H,1H3/t14-,17+/m1/s1. The van der Waals surface area contributed by atoms with E-state index in [1.165, 1.54) is 19.2 Å². The van der Waals surface area contributed by atoms with E-state index in [4.69, 9.17) is 13.9 Å². The zero-order valence-electron chi connectivity index (χ0n) is 13.3. The molecule has 0 aliphatic carbocycles. The predicted octanol–water partition coefficient (Wildman–Crippen LogP) is 2.56. The third-order valence-electron chi connectivity index (χ3n) is 4.34. The molecule has 6 nitrogen and oxygen atoms in total. The number of phenolic OH excluding ortho intramolecular Hbond substituents is 1. The normalized spacial score (nSPS) is 18.6. The number of carbonyl (C=O) groups excluding carboxylic acids is 1. The van der Waals surface area contributed by atoms with Crippen LogP contribution in [0.1, 0.15) is 17.0 Å². The summed E-state index contributed by atoms with van der Waals surface area (Å²) in [4.78, 5) is 24.8. The maximum atomic E-state index is 12.6. The number of methoxy groups -OCH3 is 1. The molecule has 0 unspecified atom stereocenters. The quantitative estimate of drug-likeness (QED) is 0.571. The summed E-state index contributed by atoms with van der Waals surface area (Å²) in [7, 11) is 1.27. The van der Waals surface area contributed by atoms with Crippen molar-refractivity contribution < 1.29 is 23.8 Å². The van der Waals surface area contributed by atoms with E-state index in [1.807, 2.05) is 0 Å². The molecule has 126 valence electrons. The van der Waals surface area contributed by atoms with Crippen LogP contribution in [0.3, 0.4) is 0 Å². The van der Waals surface area contributed by atoms with Gasteiger partial charge in [0.1, 0.15) is 17.1 Å². The van der Waals surface area contributed by atoms with Crippen molar-refractivity contribution in [2.75, 3.05) is 7.11 Å². The second-order valence-electron chi connectivity index (χ2n) is 5.76. The molecule has 3 aromatic rings. The molecule has 0 spiro atoms. The fourth-order valence-corrected chi connectivity index (χ4v) is 3.20. The molecule has 1 aliphatic rings. The van der Waals surface area contributed by atoms with Gasteiger partial charge >= 0.3 is 11.6 Å². The van der Waals surface area contributed by atoms with Crippen LogP contribution in [0.4, 0.5) is 0 Å². The number of fused-ring (bicyclic) bond motifs is 3. The first-order valence-electron chi connectivity index (χ1n) is 7.69. The van der Waals surface area contributed by atoms with E-state index < -0.39 is 23.6 Å². The van der Waals surface area contributed by atoms with Crippen molar-refractivity contribution in [1.82, 2.24) is 0 Å². The summed E-state index contributed by atoms with van der Waals surface area (Å²) >= 11 is 0. The van der Waals surface area contributed by atoms with E-state index in [9.17, 15) is 14.7 Å². The van der Waals surface area contributed by atoms with Gasteiger partial charge in [0, 0.05) is 0 Å². The molecule has 1 aromatic heterocycles. The first kappa shape index (κ1) is 15.3. The first-order valence-corrected chi connectivity index (χ1v) is 7.69. The van der Waals surface area contributed by atoms with Crippen molar-refractivity contribution in [3.05, 3.63) is 70.1 Å². The van der Waals surface area contributed by atoms with Crippen LogP contribution in [0.5, 0.6) is 11.5 Å².